The Labute approximate surface area is 217 Å². The van der Waals surface area contributed by atoms with Crippen LogP contribution in [0.5, 0.6) is 0 Å². The van der Waals surface area contributed by atoms with Gasteiger partial charge in [0.05, 0.1) is 35.6 Å². The maximum atomic E-state index is 12.9. The first-order valence-corrected chi connectivity index (χ1v) is 10.8. The van der Waals surface area contributed by atoms with Crippen molar-refractivity contribution >= 4 is 28.7 Å². The minimum absolute atomic E-state index is 0.0188. The van der Waals surface area contributed by atoms with Crippen molar-refractivity contribution in [2.75, 3.05) is 14.1 Å². The smallest absolute Gasteiger partial charge is 0.475 e. The molecule has 2 N–H and O–H groups in total. The van der Waals surface area contributed by atoms with Gasteiger partial charge in [0.15, 0.2) is 0 Å². The summed E-state index contributed by atoms with van der Waals surface area (Å²) in [6.45, 7) is 1.98. The normalized spacial score (nSPS) is 12.8. The minimum Gasteiger partial charge on any atom is -0.475 e. The van der Waals surface area contributed by atoms with Crippen molar-refractivity contribution in [2.24, 2.45) is 7.05 Å². The molecule has 4 rings (SSSR count). The Morgan fingerprint density at radius 1 is 0.974 bits per heavy atom. The Kier molecular flexibility index (Phi) is 9.62. The molecule has 1 aliphatic heterocycles. The number of carbonyl (C=O) groups excluding carboxylic acids is 1. The monoisotopic (exact) mass is 563 g/mol. The van der Waals surface area contributed by atoms with Crippen molar-refractivity contribution < 1.29 is 50.9 Å². The number of aliphatic carboxylic acids is 2. The largest absolute Gasteiger partial charge is 0.490 e. The summed E-state index contributed by atoms with van der Waals surface area (Å²) < 4.78 is 65.4. The number of aryl methyl sites for hydroxylation is 1. The van der Waals surface area contributed by atoms with E-state index in [0.717, 1.165) is 28.8 Å². The van der Waals surface area contributed by atoms with Gasteiger partial charge in [-0.3, -0.25) is 14.5 Å². The Balaban J connectivity index is 0.000000317. The number of alkyl halides is 6. The zero-order valence-electron chi connectivity index (χ0n) is 20.7. The van der Waals surface area contributed by atoms with Gasteiger partial charge in [-0.25, -0.2) is 9.59 Å². The van der Waals surface area contributed by atoms with E-state index in [0.29, 0.717) is 18.7 Å². The van der Waals surface area contributed by atoms with Crippen LogP contribution in [0.1, 0.15) is 27.3 Å². The van der Waals surface area contributed by atoms with Crippen molar-refractivity contribution in [3.63, 3.8) is 0 Å². The lowest BCUT2D eigenvalue weighted by Gasteiger charge is -2.17. The van der Waals surface area contributed by atoms with Gasteiger partial charge in [0.25, 0.3) is 5.91 Å². The summed E-state index contributed by atoms with van der Waals surface area (Å²) >= 11 is 0. The molecule has 0 saturated heterocycles. The van der Waals surface area contributed by atoms with Gasteiger partial charge in [0.1, 0.15) is 0 Å². The number of amides is 1. The van der Waals surface area contributed by atoms with E-state index in [1.165, 1.54) is 5.56 Å². The first-order valence-electron chi connectivity index (χ1n) is 10.8. The van der Waals surface area contributed by atoms with Gasteiger partial charge in [0.2, 0.25) is 0 Å². The fourth-order valence-electron chi connectivity index (χ4n) is 3.41. The van der Waals surface area contributed by atoms with Gasteiger partial charge in [-0.1, -0.05) is 18.2 Å². The number of pyridine rings is 1. The topological polar surface area (TPSA) is 129 Å². The van der Waals surface area contributed by atoms with E-state index in [-0.39, 0.29) is 5.91 Å². The van der Waals surface area contributed by atoms with Crippen LogP contribution < -0.4 is 0 Å². The molecule has 0 fully saturated rings. The van der Waals surface area contributed by atoms with Gasteiger partial charge < -0.3 is 20.0 Å². The Morgan fingerprint density at radius 2 is 1.51 bits per heavy atom. The average molecular weight is 563 g/mol. The number of carboxylic acid groups (broad SMARTS) is 2. The van der Waals surface area contributed by atoms with Gasteiger partial charge in [0, 0.05) is 30.7 Å². The molecule has 3 aromatic rings. The van der Waals surface area contributed by atoms with Crippen LogP contribution in [0, 0.1) is 0 Å². The van der Waals surface area contributed by atoms with Crippen LogP contribution in [0.2, 0.25) is 0 Å². The predicted molar refractivity (Wildman–Crippen MR) is 123 cm³/mol. The van der Waals surface area contributed by atoms with Crippen LogP contribution in [-0.4, -0.2) is 79.1 Å². The molecule has 10 nitrogen and oxygen atoms in total. The quantitative estimate of drug-likeness (QED) is 0.464. The second-order valence-electron chi connectivity index (χ2n) is 8.42. The summed E-state index contributed by atoms with van der Waals surface area (Å²) in [6.07, 6.45) is -8.49. The molecule has 1 aromatic carbocycles. The maximum Gasteiger partial charge on any atom is 0.490 e. The van der Waals surface area contributed by atoms with Gasteiger partial charge in [-0.2, -0.15) is 31.4 Å². The SMILES string of the molecule is CN(C)Cc1nn(C)c2c1CN(C(=O)c1cnc3ccccc3c1)C2.O=C(O)C(F)(F)F.O=C(O)C(F)(F)F. The molecular formula is C23H23F6N5O5. The van der Waals surface area contributed by atoms with E-state index >= 15 is 0 Å². The first kappa shape index (κ1) is 31.0. The number of fused-ring (bicyclic) bond motifs is 2. The first-order chi connectivity index (χ1) is 17.9. The second kappa shape index (κ2) is 12.1. The molecule has 0 unspecified atom stereocenters. The third-order valence-corrected chi connectivity index (χ3v) is 5.12. The van der Waals surface area contributed by atoms with Crippen LogP contribution in [0.15, 0.2) is 36.5 Å². The lowest BCUT2D eigenvalue weighted by Crippen LogP contribution is -2.26. The molecule has 0 spiro atoms. The van der Waals surface area contributed by atoms with Gasteiger partial charge in [-0.05, 0) is 26.2 Å². The number of halogens is 6. The number of nitrogens with zero attached hydrogens (tertiary/aromatic N) is 5. The standard InChI is InChI=1S/C19H21N5O.2C2HF3O2/c1-22(2)11-17-15-10-24(12-18(15)23(3)21-17)19(25)14-8-13-6-4-5-7-16(13)20-9-14;2*3-2(4,5)1(6)7/h4-9H,10-12H2,1-3H3;2*(H,6,7). The van der Waals surface area contributed by atoms with Crippen molar-refractivity contribution in [1.29, 1.82) is 0 Å². The maximum absolute atomic E-state index is 12.9. The van der Waals surface area contributed by atoms with Crippen molar-refractivity contribution in [3.8, 4) is 0 Å². The van der Waals surface area contributed by atoms with Crippen molar-refractivity contribution in [3.05, 3.63) is 59.0 Å². The number of hydrogen-bond donors (Lipinski definition) is 2. The van der Waals surface area contributed by atoms with Crippen LogP contribution in [0.4, 0.5) is 26.3 Å². The molecule has 0 aliphatic carbocycles. The zero-order valence-corrected chi connectivity index (χ0v) is 20.7. The summed E-state index contributed by atoms with van der Waals surface area (Å²) in [4.78, 5) is 39.1. The summed E-state index contributed by atoms with van der Waals surface area (Å²) in [6, 6.07) is 9.77. The molecule has 212 valence electrons. The third-order valence-electron chi connectivity index (χ3n) is 5.12. The second-order valence-corrected chi connectivity index (χ2v) is 8.42. The molecule has 0 saturated carbocycles. The van der Waals surface area contributed by atoms with Crippen LogP contribution in [-0.2, 0) is 36.3 Å². The van der Waals surface area contributed by atoms with Gasteiger partial charge >= 0.3 is 24.3 Å². The molecule has 0 radical (unpaired) electrons. The van der Waals surface area contributed by atoms with Crippen LogP contribution >= 0.6 is 0 Å². The summed E-state index contributed by atoms with van der Waals surface area (Å²) in [5, 5.41) is 19.8. The van der Waals surface area contributed by atoms with E-state index in [2.05, 4.69) is 15.0 Å². The highest BCUT2D eigenvalue weighted by Crippen LogP contribution is 2.28. The van der Waals surface area contributed by atoms with E-state index in [1.54, 1.807) is 6.20 Å². The fourth-order valence-corrected chi connectivity index (χ4v) is 3.41. The highest BCUT2D eigenvalue weighted by Gasteiger charge is 2.39. The van der Waals surface area contributed by atoms with E-state index < -0.39 is 24.3 Å². The Hall–Kier alpha value is -4.21. The minimum atomic E-state index is -5.08. The number of aromatic nitrogens is 3. The molecule has 1 aliphatic rings. The number of carboxylic acids is 2. The zero-order chi connectivity index (χ0) is 29.7. The fraction of sp³-hybridized carbons (Fsp3) is 0.348. The number of carbonyl (C=O) groups is 3. The number of hydrogen-bond acceptors (Lipinski definition) is 6. The predicted octanol–water partition coefficient (Wildman–Crippen LogP) is 3.45. The molecule has 0 atom stereocenters. The summed E-state index contributed by atoms with van der Waals surface area (Å²) in [7, 11) is 6.00. The molecule has 2 aromatic heterocycles. The molecule has 0 bridgehead atoms. The van der Waals surface area contributed by atoms with Gasteiger partial charge in [-0.15, -0.1) is 0 Å². The van der Waals surface area contributed by atoms with Crippen molar-refractivity contribution in [1.82, 2.24) is 24.6 Å². The van der Waals surface area contributed by atoms with E-state index in [4.69, 9.17) is 19.8 Å². The number of benzene rings is 1. The molecular weight excluding hydrogens is 540 g/mol. The van der Waals surface area contributed by atoms with Crippen molar-refractivity contribution in [2.45, 2.75) is 32.0 Å². The Bertz CT molecular complexity index is 1330. The summed E-state index contributed by atoms with van der Waals surface area (Å²) in [5.41, 5.74) is 4.89. The number of para-hydroxylation sites is 1. The highest BCUT2D eigenvalue weighted by molar-refractivity contribution is 5.97. The number of rotatable bonds is 3. The molecule has 3 heterocycles. The van der Waals surface area contributed by atoms with Crippen LogP contribution in [0.25, 0.3) is 10.9 Å². The molecule has 16 heteroatoms. The van der Waals surface area contributed by atoms with E-state index in [1.807, 2.05) is 61.1 Å². The lowest BCUT2D eigenvalue weighted by atomic mass is 10.1. The van der Waals surface area contributed by atoms with Crippen LogP contribution in [0.3, 0.4) is 0 Å². The average Bonchev–Trinajstić information content (AvgIpc) is 3.38. The van der Waals surface area contributed by atoms with E-state index in [9.17, 15) is 31.1 Å². The summed E-state index contributed by atoms with van der Waals surface area (Å²) in [5.74, 6) is -5.50. The lowest BCUT2D eigenvalue weighted by molar-refractivity contribution is -0.193. The Morgan fingerprint density at radius 3 is 2.03 bits per heavy atom. The third kappa shape index (κ3) is 8.39. The molecule has 1 amide bonds. The molecule has 39 heavy (non-hydrogen) atoms. The highest BCUT2D eigenvalue weighted by atomic mass is 19.4.